The van der Waals surface area contributed by atoms with E-state index in [2.05, 4.69) is 10.4 Å². The molecule has 1 aromatic heterocycles. The molecule has 0 saturated carbocycles. The Morgan fingerprint density at radius 3 is 2.60 bits per heavy atom. The molecule has 0 unspecified atom stereocenters. The second kappa shape index (κ2) is 4.43. The zero-order chi connectivity index (χ0) is 10.5. The summed E-state index contributed by atoms with van der Waals surface area (Å²) in [4.78, 5) is 3.82. The largest absolute Gasteiger partial charge is 0.444 e. The monoisotopic (exact) mass is 201 g/mol. The molecule has 0 aliphatic rings. The number of hydrogen-bond donors (Lipinski definition) is 2. The van der Waals surface area contributed by atoms with Crippen LogP contribution in [0, 0.1) is 0 Å². The number of rotatable bonds is 3. The van der Waals surface area contributed by atoms with Crippen molar-refractivity contribution in [1.29, 1.82) is 0 Å². The summed E-state index contributed by atoms with van der Waals surface area (Å²) in [7, 11) is 0. The number of nitrogen functional groups attached to an aromatic ring is 1. The Bertz CT molecular complexity index is 431. The first kappa shape index (κ1) is 9.48. The van der Waals surface area contributed by atoms with Crippen LogP contribution in [0.1, 0.15) is 11.3 Å². The van der Waals surface area contributed by atoms with Crippen LogP contribution in [0.25, 0.3) is 12.2 Å². The summed E-state index contributed by atoms with van der Waals surface area (Å²) >= 11 is 0. The van der Waals surface area contributed by atoms with Crippen molar-refractivity contribution in [2.75, 3.05) is 5.43 Å². The Labute approximate surface area is 87.4 Å². The highest BCUT2D eigenvalue weighted by Gasteiger charge is 1.91. The van der Waals surface area contributed by atoms with Gasteiger partial charge in [-0.05, 0) is 23.8 Å². The molecular weight excluding hydrogens is 190 g/mol. The van der Waals surface area contributed by atoms with Gasteiger partial charge in [0.15, 0.2) is 6.39 Å². The Kier molecular flexibility index (Phi) is 2.80. The Hall–Kier alpha value is -2.07. The summed E-state index contributed by atoms with van der Waals surface area (Å²) in [6.45, 7) is 0. The quantitative estimate of drug-likeness (QED) is 0.589. The average Bonchev–Trinajstić information content (AvgIpc) is 2.80. The summed E-state index contributed by atoms with van der Waals surface area (Å²) in [5, 5.41) is 0. The molecule has 1 aromatic carbocycles. The van der Waals surface area contributed by atoms with Crippen LogP contribution < -0.4 is 11.3 Å². The molecule has 2 rings (SSSR count). The van der Waals surface area contributed by atoms with Crippen molar-refractivity contribution >= 4 is 17.8 Å². The van der Waals surface area contributed by atoms with E-state index in [1.807, 2.05) is 36.4 Å². The van der Waals surface area contributed by atoms with Gasteiger partial charge >= 0.3 is 0 Å². The lowest BCUT2D eigenvalue weighted by molar-refractivity contribution is 0.548. The van der Waals surface area contributed by atoms with Crippen LogP contribution in [0.2, 0.25) is 0 Å². The number of nitrogens with zero attached hydrogens (tertiary/aromatic N) is 1. The molecule has 3 N–H and O–H groups in total. The smallest absolute Gasteiger partial charge is 0.181 e. The zero-order valence-electron chi connectivity index (χ0n) is 8.05. The lowest BCUT2D eigenvalue weighted by Gasteiger charge is -1.98. The number of hydrazine groups is 1. The molecule has 0 amide bonds. The molecule has 0 aliphatic heterocycles. The van der Waals surface area contributed by atoms with Crippen LogP contribution in [-0.2, 0) is 0 Å². The highest BCUT2D eigenvalue weighted by molar-refractivity contribution is 5.67. The lowest BCUT2D eigenvalue weighted by Crippen LogP contribution is -2.05. The third-order valence-corrected chi connectivity index (χ3v) is 1.97. The van der Waals surface area contributed by atoms with Crippen molar-refractivity contribution < 1.29 is 4.42 Å². The van der Waals surface area contributed by atoms with Crippen molar-refractivity contribution in [3.63, 3.8) is 0 Å². The molecule has 2 aromatic rings. The van der Waals surface area contributed by atoms with Crippen molar-refractivity contribution in [2.45, 2.75) is 0 Å². The topological polar surface area (TPSA) is 64.1 Å². The van der Waals surface area contributed by atoms with E-state index in [0.717, 1.165) is 17.0 Å². The normalized spacial score (nSPS) is 10.7. The first-order chi connectivity index (χ1) is 7.38. The van der Waals surface area contributed by atoms with E-state index in [0.29, 0.717) is 0 Å². The number of oxazole rings is 1. The predicted molar refractivity (Wildman–Crippen MR) is 59.7 cm³/mol. The van der Waals surface area contributed by atoms with Crippen molar-refractivity contribution in [1.82, 2.24) is 4.98 Å². The van der Waals surface area contributed by atoms with Gasteiger partial charge < -0.3 is 9.84 Å². The third kappa shape index (κ3) is 2.45. The highest BCUT2D eigenvalue weighted by Crippen LogP contribution is 2.11. The number of anilines is 1. The summed E-state index contributed by atoms with van der Waals surface area (Å²) in [6, 6.07) is 7.73. The number of hydrogen-bond acceptors (Lipinski definition) is 4. The number of benzene rings is 1. The van der Waals surface area contributed by atoms with Gasteiger partial charge in [-0.25, -0.2) is 4.98 Å². The molecule has 0 bridgehead atoms. The molecule has 0 saturated heterocycles. The fraction of sp³-hybridized carbons (Fsp3) is 0. The number of aromatic nitrogens is 1. The van der Waals surface area contributed by atoms with E-state index in [-0.39, 0.29) is 0 Å². The molecular formula is C11H11N3O. The van der Waals surface area contributed by atoms with Gasteiger partial charge in [-0.3, -0.25) is 5.84 Å². The fourth-order valence-electron chi connectivity index (χ4n) is 1.18. The lowest BCUT2D eigenvalue weighted by atomic mass is 10.2. The van der Waals surface area contributed by atoms with Crippen molar-refractivity contribution in [3.05, 3.63) is 48.2 Å². The van der Waals surface area contributed by atoms with E-state index in [1.54, 1.807) is 6.20 Å². The third-order valence-electron chi connectivity index (χ3n) is 1.97. The van der Waals surface area contributed by atoms with Gasteiger partial charge in [0, 0.05) is 5.69 Å². The molecule has 76 valence electrons. The summed E-state index contributed by atoms with van der Waals surface area (Å²) < 4.78 is 5.07. The minimum absolute atomic E-state index is 0.732. The first-order valence-electron chi connectivity index (χ1n) is 4.52. The highest BCUT2D eigenvalue weighted by atomic mass is 16.3. The Balaban J connectivity index is 2.11. The second-order valence-corrected chi connectivity index (χ2v) is 3.00. The maximum absolute atomic E-state index is 5.26. The van der Waals surface area contributed by atoms with E-state index in [9.17, 15) is 0 Å². The molecule has 0 atom stereocenters. The van der Waals surface area contributed by atoms with Gasteiger partial charge in [0.25, 0.3) is 0 Å². The number of nitrogens with two attached hydrogens (primary N) is 1. The molecule has 0 aliphatic carbocycles. The fourth-order valence-corrected chi connectivity index (χ4v) is 1.18. The van der Waals surface area contributed by atoms with Gasteiger partial charge in [-0.1, -0.05) is 18.2 Å². The van der Waals surface area contributed by atoms with Crippen LogP contribution in [0.15, 0.2) is 41.3 Å². The minimum Gasteiger partial charge on any atom is -0.444 e. The molecule has 4 nitrogen and oxygen atoms in total. The van der Waals surface area contributed by atoms with E-state index in [1.165, 1.54) is 6.39 Å². The maximum atomic E-state index is 5.26. The maximum Gasteiger partial charge on any atom is 0.181 e. The number of nitrogens with one attached hydrogen (secondary N) is 1. The van der Waals surface area contributed by atoms with Crippen LogP contribution in [0.4, 0.5) is 5.69 Å². The molecule has 4 heteroatoms. The first-order valence-corrected chi connectivity index (χ1v) is 4.52. The SMILES string of the molecule is NNc1ccc(C=Cc2cnco2)cc1. The van der Waals surface area contributed by atoms with Gasteiger partial charge in [0.05, 0.1) is 6.20 Å². The standard InChI is InChI=1S/C11H11N3O/c12-14-10-4-1-9(2-5-10)3-6-11-7-13-8-15-11/h1-8,14H,12H2. The van der Waals surface area contributed by atoms with Gasteiger partial charge in [-0.15, -0.1) is 0 Å². The Morgan fingerprint density at radius 1 is 1.20 bits per heavy atom. The van der Waals surface area contributed by atoms with Crippen molar-refractivity contribution in [2.24, 2.45) is 5.84 Å². The molecule has 1 heterocycles. The van der Waals surface area contributed by atoms with E-state index >= 15 is 0 Å². The minimum atomic E-state index is 0.732. The van der Waals surface area contributed by atoms with Crippen LogP contribution >= 0.6 is 0 Å². The van der Waals surface area contributed by atoms with E-state index in [4.69, 9.17) is 10.3 Å². The zero-order valence-corrected chi connectivity index (χ0v) is 8.05. The molecule has 15 heavy (non-hydrogen) atoms. The average molecular weight is 201 g/mol. The van der Waals surface area contributed by atoms with Gasteiger partial charge in [-0.2, -0.15) is 0 Å². The van der Waals surface area contributed by atoms with E-state index < -0.39 is 0 Å². The van der Waals surface area contributed by atoms with Crippen LogP contribution in [0.5, 0.6) is 0 Å². The van der Waals surface area contributed by atoms with Crippen molar-refractivity contribution in [3.8, 4) is 0 Å². The summed E-state index contributed by atoms with van der Waals surface area (Å²) in [6.07, 6.45) is 6.87. The second-order valence-electron chi connectivity index (χ2n) is 3.00. The Morgan fingerprint density at radius 2 is 2.00 bits per heavy atom. The predicted octanol–water partition coefficient (Wildman–Crippen LogP) is 2.13. The molecule has 0 radical (unpaired) electrons. The summed E-state index contributed by atoms with van der Waals surface area (Å²) in [5.74, 6) is 5.99. The van der Waals surface area contributed by atoms with Crippen LogP contribution in [-0.4, -0.2) is 4.98 Å². The molecule has 0 spiro atoms. The molecule has 0 fully saturated rings. The van der Waals surface area contributed by atoms with Crippen LogP contribution in [0.3, 0.4) is 0 Å². The summed E-state index contributed by atoms with van der Waals surface area (Å²) in [5.41, 5.74) is 4.53. The van der Waals surface area contributed by atoms with Gasteiger partial charge in [0.1, 0.15) is 5.76 Å². The van der Waals surface area contributed by atoms with Gasteiger partial charge in [0.2, 0.25) is 0 Å².